The lowest BCUT2D eigenvalue weighted by atomic mass is 10.1. The van der Waals surface area contributed by atoms with Crippen molar-refractivity contribution in [2.45, 2.75) is 33.2 Å². The van der Waals surface area contributed by atoms with Crippen LogP contribution in [0.2, 0.25) is 0 Å². The molecule has 0 bridgehead atoms. The molecule has 0 saturated heterocycles. The molecule has 17 heavy (non-hydrogen) atoms. The molecular weight excluding hydrogens is 208 g/mol. The summed E-state index contributed by atoms with van der Waals surface area (Å²) in [4.78, 5) is 0. The molecule has 1 atom stereocenters. The van der Waals surface area contributed by atoms with Gasteiger partial charge in [0, 0.05) is 5.56 Å². The third kappa shape index (κ3) is 3.87. The van der Waals surface area contributed by atoms with Crippen LogP contribution in [-0.2, 0) is 6.54 Å². The summed E-state index contributed by atoms with van der Waals surface area (Å²) in [7, 11) is 2.28. The molecule has 0 aliphatic rings. The molecule has 0 aliphatic carbocycles. The first kappa shape index (κ1) is 13.7. The molecule has 2 nitrogen and oxygen atoms in total. The molecule has 0 heterocycles. The van der Waals surface area contributed by atoms with E-state index in [1.807, 2.05) is 18.2 Å². The van der Waals surface area contributed by atoms with Gasteiger partial charge < -0.3 is 4.48 Å². The minimum absolute atomic E-state index is 0.821. The largest absolute Gasteiger partial charge is 0.322 e. The summed E-state index contributed by atoms with van der Waals surface area (Å²) in [6, 6.07) is 10.2. The van der Waals surface area contributed by atoms with Gasteiger partial charge in [-0.3, -0.25) is 0 Å². The van der Waals surface area contributed by atoms with Crippen LogP contribution >= 0.6 is 0 Å². The number of rotatable bonds is 6. The smallest absolute Gasteiger partial charge is 0.105 e. The molecule has 1 aromatic carbocycles. The van der Waals surface area contributed by atoms with E-state index in [0.717, 1.165) is 23.1 Å². The maximum atomic E-state index is 9.11. The van der Waals surface area contributed by atoms with Crippen molar-refractivity contribution < 1.29 is 4.48 Å². The number of hydrogen-bond donors (Lipinski definition) is 0. The van der Waals surface area contributed by atoms with Crippen LogP contribution in [0.15, 0.2) is 24.3 Å². The molecule has 0 fully saturated rings. The first-order chi connectivity index (χ1) is 8.15. The SMILES string of the molecule is CCCC[N+](C)(CC)Cc1ccccc1C#N. The lowest BCUT2D eigenvalue weighted by Gasteiger charge is -2.33. The number of quaternary nitrogens is 1. The van der Waals surface area contributed by atoms with Gasteiger partial charge in [-0.25, -0.2) is 0 Å². The monoisotopic (exact) mass is 231 g/mol. The van der Waals surface area contributed by atoms with Crippen LogP contribution < -0.4 is 0 Å². The second kappa shape index (κ2) is 6.42. The lowest BCUT2D eigenvalue weighted by molar-refractivity contribution is -0.921. The molecule has 0 spiro atoms. The average Bonchev–Trinajstić information content (AvgIpc) is 2.37. The molecule has 1 rings (SSSR count). The molecule has 0 saturated carbocycles. The molecule has 0 N–H and O–H groups in total. The summed E-state index contributed by atoms with van der Waals surface area (Å²) in [6.45, 7) is 7.71. The highest BCUT2D eigenvalue weighted by atomic mass is 15.3. The fourth-order valence-corrected chi connectivity index (χ4v) is 2.07. The molecule has 2 heteroatoms. The molecule has 1 unspecified atom stereocenters. The normalized spacial score (nSPS) is 14.0. The van der Waals surface area contributed by atoms with Crippen LogP contribution in [0.3, 0.4) is 0 Å². The first-order valence-corrected chi connectivity index (χ1v) is 6.46. The Kier molecular flexibility index (Phi) is 5.18. The van der Waals surface area contributed by atoms with Gasteiger partial charge in [0.25, 0.3) is 0 Å². The Bertz CT molecular complexity index is 392. The Morgan fingerprint density at radius 1 is 1.24 bits per heavy atom. The zero-order chi connectivity index (χ0) is 12.7. The highest BCUT2D eigenvalue weighted by Gasteiger charge is 2.20. The fraction of sp³-hybridized carbons (Fsp3) is 0.533. The molecule has 0 amide bonds. The van der Waals surface area contributed by atoms with E-state index in [4.69, 9.17) is 5.26 Å². The van der Waals surface area contributed by atoms with Crippen molar-refractivity contribution >= 4 is 0 Å². The summed E-state index contributed by atoms with van der Waals surface area (Å²) >= 11 is 0. The van der Waals surface area contributed by atoms with Gasteiger partial charge in [-0.2, -0.15) is 5.26 Å². The van der Waals surface area contributed by atoms with Crippen molar-refractivity contribution in [1.82, 2.24) is 0 Å². The summed E-state index contributed by atoms with van der Waals surface area (Å²) < 4.78 is 1.02. The van der Waals surface area contributed by atoms with Crippen LogP contribution in [-0.4, -0.2) is 24.6 Å². The quantitative estimate of drug-likeness (QED) is 0.689. The second-order valence-electron chi connectivity index (χ2n) is 4.94. The predicted octanol–water partition coefficient (Wildman–Crippen LogP) is 3.32. The molecule has 0 radical (unpaired) electrons. The van der Waals surface area contributed by atoms with Crippen molar-refractivity contribution in [3.8, 4) is 6.07 Å². The Hall–Kier alpha value is -1.33. The van der Waals surface area contributed by atoms with Crippen LogP contribution in [0.1, 0.15) is 37.8 Å². The van der Waals surface area contributed by atoms with Crippen molar-refractivity contribution in [3.05, 3.63) is 35.4 Å². The number of unbranched alkanes of at least 4 members (excludes halogenated alkanes) is 1. The number of nitriles is 1. The Morgan fingerprint density at radius 2 is 1.94 bits per heavy atom. The minimum Gasteiger partial charge on any atom is -0.322 e. The molecular formula is C15H23N2+. The molecule has 0 aliphatic heterocycles. The number of nitrogens with zero attached hydrogens (tertiary/aromatic N) is 2. The van der Waals surface area contributed by atoms with Crippen molar-refractivity contribution in [3.63, 3.8) is 0 Å². The van der Waals surface area contributed by atoms with Crippen LogP contribution in [0.25, 0.3) is 0 Å². The fourth-order valence-electron chi connectivity index (χ4n) is 2.07. The summed E-state index contributed by atoms with van der Waals surface area (Å²) in [5.74, 6) is 0. The number of benzene rings is 1. The maximum Gasteiger partial charge on any atom is 0.105 e. The van der Waals surface area contributed by atoms with E-state index in [1.54, 1.807) is 0 Å². The molecule has 0 aromatic heterocycles. The summed E-state index contributed by atoms with van der Waals surface area (Å²) in [5, 5.41) is 9.11. The molecule has 92 valence electrons. The standard InChI is InChI=1S/C15H23N2/c1-4-6-11-17(3,5-2)13-15-10-8-7-9-14(15)12-16/h7-10H,4-6,11,13H2,1-3H3/q+1. The van der Waals surface area contributed by atoms with E-state index in [-0.39, 0.29) is 0 Å². The Balaban J connectivity index is 2.83. The molecule has 1 aromatic rings. The zero-order valence-corrected chi connectivity index (χ0v) is 11.2. The van der Waals surface area contributed by atoms with Crippen molar-refractivity contribution in [2.75, 3.05) is 20.1 Å². The maximum absolute atomic E-state index is 9.11. The lowest BCUT2D eigenvalue weighted by Crippen LogP contribution is -2.43. The topological polar surface area (TPSA) is 23.8 Å². The summed E-state index contributed by atoms with van der Waals surface area (Å²) in [6.07, 6.45) is 2.48. The van der Waals surface area contributed by atoms with Gasteiger partial charge in [-0.1, -0.05) is 31.5 Å². The third-order valence-electron chi connectivity index (χ3n) is 3.50. The van der Waals surface area contributed by atoms with Gasteiger partial charge in [-0.15, -0.1) is 0 Å². The van der Waals surface area contributed by atoms with Crippen molar-refractivity contribution in [1.29, 1.82) is 5.26 Å². The van der Waals surface area contributed by atoms with Crippen LogP contribution in [0.4, 0.5) is 0 Å². The average molecular weight is 231 g/mol. The Labute approximate surface area is 105 Å². The van der Waals surface area contributed by atoms with E-state index in [0.29, 0.717) is 0 Å². The highest BCUT2D eigenvalue weighted by molar-refractivity contribution is 5.36. The van der Waals surface area contributed by atoms with E-state index in [2.05, 4.69) is 33.0 Å². The summed E-state index contributed by atoms with van der Waals surface area (Å²) in [5.41, 5.74) is 2.00. The van der Waals surface area contributed by atoms with E-state index in [9.17, 15) is 0 Å². The number of hydrogen-bond acceptors (Lipinski definition) is 1. The van der Waals surface area contributed by atoms with E-state index < -0.39 is 0 Å². The predicted molar refractivity (Wildman–Crippen MR) is 71.4 cm³/mol. The Morgan fingerprint density at radius 3 is 2.53 bits per heavy atom. The van der Waals surface area contributed by atoms with E-state index in [1.165, 1.54) is 24.9 Å². The van der Waals surface area contributed by atoms with Gasteiger partial charge in [0.05, 0.1) is 31.8 Å². The van der Waals surface area contributed by atoms with E-state index >= 15 is 0 Å². The van der Waals surface area contributed by atoms with Gasteiger partial charge in [0.2, 0.25) is 0 Å². The minimum atomic E-state index is 0.821. The van der Waals surface area contributed by atoms with Crippen LogP contribution in [0, 0.1) is 11.3 Å². The van der Waals surface area contributed by atoms with Gasteiger partial charge >= 0.3 is 0 Å². The highest BCUT2D eigenvalue weighted by Crippen LogP contribution is 2.16. The van der Waals surface area contributed by atoms with Crippen molar-refractivity contribution in [2.24, 2.45) is 0 Å². The third-order valence-corrected chi connectivity index (χ3v) is 3.50. The first-order valence-electron chi connectivity index (χ1n) is 6.46. The van der Waals surface area contributed by atoms with Gasteiger partial charge in [0.1, 0.15) is 6.54 Å². The zero-order valence-electron chi connectivity index (χ0n) is 11.2. The van der Waals surface area contributed by atoms with Crippen LogP contribution in [0.5, 0.6) is 0 Å². The second-order valence-corrected chi connectivity index (χ2v) is 4.94. The van der Waals surface area contributed by atoms with Gasteiger partial charge in [-0.05, 0) is 19.4 Å². The van der Waals surface area contributed by atoms with Gasteiger partial charge in [0.15, 0.2) is 0 Å².